The molecule has 24 heavy (non-hydrogen) atoms. The molecule has 0 radical (unpaired) electrons. The molecule has 0 aliphatic heterocycles. The van der Waals surface area contributed by atoms with Gasteiger partial charge in [0.25, 0.3) is 0 Å². The van der Waals surface area contributed by atoms with Crippen molar-refractivity contribution in [2.24, 2.45) is 0 Å². The second-order valence-corrected chi connectivity index (χ2v) is 5.59. The molecule has 0 amide bonds. The molecule has 1 unspecified atom stereocenters. The fraction of sp³-hybridized carbons (Fsp3) is 1.00. The molecule has 0 aromatic rings. The first-order valence-corrected chi connectivity index (χ1v) is 9.46. The van der Waals surface area contributed by atoms with Gasteiger partial charge in [0.2, 0.25) is 6.29 Å². The van der Waals surface area contributed by atoms with E-state index in [4.69, 9.17) is 23.7 Å². The lowest BCUT2D eigenvalue weighted by molar-refractivity contribution is -0.456. The summed E-state index contributed by atoms with van der Waals surface area (Å²) in [5, 5.41) is 9.18. The zero-order valence-electron chi connectivity index (χ0n) is 16.1. The summed E-state index contributed by atoms with van der Waals surface area (Å²) in [6.07, 6.45) is 4.93. The number of unbranched alkanes of at least 4 members (excludes halogenated alkanes) is 3. The lowest BCUT2D eigenvalue weighted by Crippen LogP contribution is -2.53. The molecule has 0 spiro atoms. The van der Waals surface area contributed by atoms with E-state index in [9.17, 15) is 5.11 Å². The fourth-order valence-electron chi connectivity index (χ4n) is 1.97. The Kier molecular flexibility index (Phi) is 16.1. The topological polar surface area (TPSA) is 66.4 Å². The Morgan fingerprint density at radius 3 is 1.67 bits per heavy atom. The van der Waals surface area contributed by atoms with E-state index in [2.05, 4.69) is 20.8 Å². The average molecular weight is 350 g/mol. The van der Waals surface area contributed by atoms with Crippen molar-refractivity contribution in [3.8, 4) is 0 Å². The van der Waals surface area contributed by atoms with Gasteiger partial charge in [-0.05, 0) is 26.2 Å². The first-order chi connectivity index (χ1) is 11.7. The number of aliphatic hydroxyl groups is 1. The summed E-state index contributed by atoms with van der Waals surface area (Å²) >= 11 is 0. The van der Waals surface area contributed by atoms with Crippen molar-refractivity contribution in [3.63, 3.8) is 0 Å². The number of ether oxygens (including phenoxy) is 5. The minimum absolute atomic E-state index is 0.0962. The van der Waals surface area contributed by atoms with Crippen LogP contribution in [0.4, 0.5) is 0 Å². The Bertz CT molecular complexity index is 252. The summed E-state index contributed by atoms with van der Waals surface area (Å²) in [7, 11) is 0. The molecule has 0 saturated carbocycles. The Hall–Kier alpha value is -0.240. The van der Waals surface area contributed by atoms with E-state index < -0.39 is 12.3 Å². The highest BCUT2D eigenvalue weighted by Gasteiger charge is 2.45. The predicted octanol–water partition coefficient (Wildman–Crippen LogP) is 3.46. The highest BCUT2D eigenvalue weighted by Crippen LogP contribution is 2.26. The van der Waals surface area contributed by atoms with Crippen LogP contribution in [-0.4, -0.2) is 57.0 Å². The predicted molar refractivity (Wildman–Crippen MR) is 93.8 cm³/mol. The van der Waals surface area contributed by atoms with E-state index in [1.807, 2.05) is 6.92 Å². The Morgan fingerprint density at radius 1 is 0.708 bits per heavy atom. The molecule has 6 heteroatoms. The summed E-state index contributed by atoms with van der Waals surface area (Å²) in [4.78, 5) is 0. The zero-order valence-corrected chi connectivity index (χ0v) is 16.1. The van der Waals surface area contributed by atoms with Gasteiger partial charge in [0.15, 0.2) is 0 Å². The minimum Gasteiger partial charge on any atom is -0.394 e. The maximum Gasteiger partial charge on any atom is 0.337 e. The van der Waals surface area contributed by atoms with Crippen molar-refractivity contribution in [2.75, 3.05) is 39.6 Å². The van der Waals surface area contributed by atoms with Crippen molar-refractivity contribution in [1.82, 2.24) is 0 Å². The smallest absolute Gasteiger partial charge is 0.337 e. The summed E-state index contributed by atoms with van der Waals surface area (Å²) in [5.41, 5.74) is 0. The van der Waals surface area contributed by atoms with E-state index in [1.165, 1.54) is 0 Å². The first kappa shape index (κ1) is 23.8. The van der Waals surface area contributed by atoms with Crippen molar-refractivity contribution in [2.45, 2.75) is 78.5 Å². The number of hydrogen-bond acceptors (Lipinski definition) is 6. The summed E-state index contributed by atoms with van der Waals surface area (Å²) in [6, 6.07) is 0. The van der Waals surface area contributed by atoms with Crippen molar-refractivity contribution in [3.05, 3.63) is 0 Å². The molecule has 1 atom stereocenters. The monoisotopic (exact) mass is 350 g/mol. The molecule has 0 aliphatic rings. The van der Waals surface area contributed by atoms with Gasteiger partial charge in [-0.25, -0.2) is 0 Å². The molecule has 0 aromatic heterocycles. The Balaban J connectivity index is 5.14. The van der Waals surface area contributed by atoms with Crippen LogP contribution in [0.1, 0.15) is 66.2 Å². The van der Waals surface area contributed by atoms with Gasteiger partial charge in [0.1, 0.15) is 0 Å². The number of hydrogen-bond donors (Lipinski definition) is 1. The van der Waals surface area contributed by atoms with E-state index in [1.54, 1.807) is 0 Å². The van der Waals surface area contributed by atoms with Gasteiger partial charge in [-0.1, -0.05) is 40.0 Å². The molecule has 0 aromatic carbocycles. The van der Waals surface area contributed by atoms with Crippen LogP contribution in [0.15, 0.2) is 0 Å². The highest BCUT2D eigenvalue weighted by atomic mass is 16.9. The van der Waals surface area contributed by atoms with Gasteiger partial charge < -0.3 is 28.8 Å². The van der Waals surface area contributed by atoms with Crippen molar-refractivity contribution >= 4 is 0 Å². The summed E-state index contributed by atoms with van der Waals surface area (Å²) in [5.74, 6) is -1.43. The molecule has 0 rings (SSSR count). The number of rotatable bonds is 18. The normalized spacial score (nSPS) is 13.4. The van der Waals surface area contributed by atoms with Crippen LogP contribution >= 0.6 is 0 Å². The molecule has 0 fully saturated rings. The minimum atomic E-state index is -1.43. The second-order valence-electron chi connectivity index (χ2n) is 5.59. The summed E-state index contributed by atoms with van der Waals surface area (Å²) in [6.45, 7) is 10.1. The van der Waals surface area contributed by atoms with Crippen LogP contribution in [0.25, 0.3) is 0 Å². The van der Waals surface area contributed by atoms with Crippen LogP contribution < -0.4 is 0 Å². The van der Waals surface area contributed by atoms with Crippen molar-refractivity contribution in [1.29, 1.82) is 0 Å². The second kappa shape index (κ2) is 16.2. The lowest BCUT2D eigenvalue weighted by Gasteiger charge is -2.38. The van der Waals surface area contributed by atoms with Gasteiger partial charge in [-0.15, -0.1) is 0 Å². The quantitative estimate of drug-likeness (QED) is 0.302. The fourth-order valence-corrected chi connectivity index (χ4v) is 1.97. The van der Waals surface area contributed by atoms with Crippen molar-refractivity contribution < 1.29 is 28.8 Å². The Labute approximate surface area is 147 Å². The standard InChI is InChI=1S/C18H38O6/c1-5-9-13-21-17(20-8-4)18(24-16-12-19,22-14-10-6-2)23-15-11-7-3/h17,19H,5-16H2,1-4H3. The Morgan fingerprint density at radius 2 is 1.21 bits per heavy atom. The van der Waals surface area contributed by atoms with Crippen LogP contribution in [0.3, 0.4) is 0 Å². The average Bonchev–Trinajstić information content (AvgIpc) is 2.59. The van der Waals surface area contributed by atoms with Gasteiger partial charge in [-0.2, -0.15) is 0 Å². The SMILES string of the molecule is CCCCOC(OCC)C(OCCO)(OCCCC)OCCCC. The van der Waals surface area contributed by atoms with E-state index >= 15 is 0 Å². The largest absolute Gasteiger partial charge is 0.394 e. The molecular formula is C18H38O6. The molecular weight excluding hydrogens is 312 g/mol. The maximum absolute atomic E-state index is 9.18. The molecule has 0 bridgehead atoms. The molecule has 6 nitrogen and oxygen atoms in total. The van der Waals surface area contributed by atoms with Crippen LogP contribution in [0, 0.1) is 0 Å². The van der Waals surface area contributed by atoms with E-state index in [0.717, 1.165) is 38.5 Å². The van der Waals surface area contributed by atoms with Crippen LogP contribution in [-0.2, 0) is 23.7 Å². The third kappa shape index (κ3) is 9.91. The van der Waals surface area contributed by atoms with Gasteiger partial charge in [-0.3, -0.25) is 0 Å². The van der Waals surface area contributed by atoms with Crippen LogP contribution in [0.2, 0.25) is 0 Å². The third-order valence-electron chi connectivity index (χ3n) is 3.37. The lowest BCUT2D eigenvalue weighted by atomic mass is 10.3. The third-order valence-corrected chi connectivity index (χ3v) is 3.37. The van der Waals surface area contributed by atoms with Gasteiger partial charge in [0.05, 0.1) is 33.0 Å². The molecule has 0 heterocycles. The van der Waals surface area contributed by atoms with E-state index in [0.29, 0.717) is 26.4 Å². The molecule has 0 saturated heterocycles. The van der Waals surface area contributed by atoms with Crippen LogP contribution in [0.5, 0.6) is 0 Å². The number of aliphatic hydroxyl groups excluding tert-OH is 1. The van der Waals surface area contributed by atoms with Gasteiger partial charge in [0, 0.05) is 6.61 Å². The molecule has 1 N–H and O–H groups in total. The zero-order chi connectivity index (χ0) is 18.1. The maximum atomic E-state index is 9.18. The molecule has 0 aliphatic carbocycles. The highest BCUT2D eigenvalue weighted by molar-refractivity contribution is 4.66. The van der Waals surface area contributed by atoms with Gasteiger partial charge >= 0.3 is 5.97 Å². The molecule has 146 valence electrons. The van der Waals surface area contributed by atoms with E-state index in [-0.39, 0.29) is 13.2 Å². The first-order valence-electron chi connectivity index (χ1n) is 9.46. The summed E-state index contributed by atoms with van der Waals surface area (Å²) < 4.78 is 29.3.